The van der Waals surface area contributed by atoms with Crippen LogP contribution in [0, 0.1) is 0 Å². The maximum atomic E-state index is 12.1. The molecule has 2 aromatic rings. The first-order valence-corrected chi connectivity index (χ1v) is 7.36. The normalized spacial score (nSPS) is 11.1. The fourth-order valence-electron chi connectivity index (χ4n) is 2.34. The van der Waals surface area contributed by atoms with Crippen LogP contribution in [0.1, 0.15) is 29.9 Å². The predicted octanol–water partition coefficient (Wildman–Crippen LogP) is 1.12. The van der Waals surface area contributed by atoms with E-state index in [2.05, 4.69) is 15.6 Å². The van der Waals surface area contributed by atoms with Gasteiger partial charge in [-0.15, -0.1) is 5.10 Å². The zero-order chi connectivity index (χ0) is 17.7. The molecule has 2 N–H and O–H groups in total. The molecule has 0 saturated heterocycles. The summed E-state index contributed by atoms with van der Waals surface area (Å²) in [6.45, 7) is 3.74. The van der Waals surface area contributed by atoms with Crippen LogP contribution in [0.3, 0.4) is 0 Å². The Morgan fingerprint density at radius 2 is 1.96 bits per heavy atom. The van der Waals surface area contributed by atoms with Crippen molar-refractivity contribution in [2.75, 3.05) is 7.11 Å². The summed E-state index contributed by atoms with van der Waals surface area (Å²) in [6.07, 6.45) is 1.86. The monoisotopic (exact) mass is 332 g/mol. The maximum Gasteiger partial charge on any atom is 0.358 e. The molecule has 0 saturated carbocycles. The van der Waals surface area contributed by atoms with Gasteiger partial charge >= 0.3 is 5.97 Å². The van der Waals surface area contributed by atoms with Crippen molar-refractivity contribution in [3.05, 3.63) is 41.7 Å². The number of hydrogen-bond donors (Lipinski definition) is 2. The van der Waals surface area contributed by atoms with Crippen molar-refractivity contribution in [3.8, 4) is 5.75 Å². The van der Waals surface area contributed by atoms with Gasteiger partial charge in [0.05, 0.1) is 13.3 Å². The van der Waals surface area contributed by atoms with E-state index in [9.17, 15) is 9.59 Å². The minimum Gasteiger partial charge on any atom is -0.497 e. The lowest BCUT2D eigenvalue weighted by atomic mass is 9.95. The van der Waals surface area contributed by atoms with Gasteiger partial charge in [-0.05, 0) is 38.0 Å². The molecule has 0 bridgehead atoms. The highest BCUT2D eigenvalue weighted by Gasteiger charge is 2.21. The van der Waals surface area contributed by atoms with Crippen molar-refractivity contribution in [2.45, 2.75) is 32.4 Å². The number of nitrogens with zero attached hydrogens (tertiary/aromatic N) is 3. The number of amides is 1. The third kappa shape index (κ3) is 4.80. The molecule has 0 fully saturated rings. The number of aromatic carboxylic acids is 1. The van der Waals surface area contributed by atoms with Crippen molar-refractivity contribution in [2.24, 2.45) is 0 Å². The Morgan fingerprint density at radius 3 is 2.50 bits per heavy atom. The third-order valence-electron chi connectivity index (χ3n) is 3.35. The highest BCUT2D eigenvalue weighted by molar-refractivity contribution is 5.84. The van der Waals surface area contributed by atoms with Crippen LogP contribution in [0.5, 0.6) is 5.75 Å². The Hall–Kier alpha value is -2.90. The fourth-order valence-corrected chi connectivity index (χ4v) is 2.34. The number of nitrogens with one attached hydrogen (secondary N) is 1. The average molecular weight is 332 g/mol. The van der Waals surface area contributed by atoms with Crippen molar-refractivity contribution >= 4 is 11.9 Å². The van der Waals surface area contributed by atoms with Crippen LogP contribution in [0.15, 0.2) is 30.5 Å². The van der Waals surface area contributed by atoms with Gasteiger partial charge in [-0.3, -0.25) is 4.79 Å². The molecule has 1 amide bonds. The van der Waals surface area contributed by atoms with Gasteiger partial charge in [0.25, 0.3) is 0 Å². The van der Waals surface area contributed by atoms with Crippen LogP contribution in [0.2, 0.25) is 0 Å². The van der Waals surface area contributed by atoms with Gasteiger partial charge in [0.2, 0.25) is 5.91 Å². The van der Waals surface area contributed by atoms with Gasteiger partial charge in [-0.2, -0.15) is 0 Å². The number of ether oxygens (including phenoxy) is 1. The topological polar surface area (TPSA) is 106 Å². The van der Waals surface area contributed by atoms with E-state index in [0.29, 0.717) is 6.42 Å². The van der Waals surface area contributed by atoms with Gasteiger partial charge in [-0.1, -0.05) is 17.3 Å². The first-order chi connectivity index (χ1) is 11.3. The second-order valence-electron chi connectivity index (χ2n) is 6.06. The second-order valence-corrected chi connectivity index (χ2v) is 6.06. The Kier molecular flexibility index (Phi) is 5.18. The van der Waals surface area contributed by atoms with Crippen LogP contribution >= 0.6 is 0 Å². The molecule has 128 valence electrons. The van der Waals surface area contributed by atoms with Crippen LogP contribution in [-0.4, -0.2) is 44.6 Å². The van der Waals surface area contributed by atoms with Gasteiger partial charge in [0, 0.05) is 5.54 Å². The quantitative estimate of drug-likeness (QED) is 0.787. The first-order valence-electron chi connectivity index (χ1n) is 7.36. The number of carbonyl (C=O) groups is 2. The molecular formula is C16H20N4O4. The number of benzene rings is 1. The van der Waals surface area contributed by atoms with Gasteiger partial charge in [0.1, 0.15) is 12.3 Å². The summed E-state index contributed by atoms with van der Waals surface area (Å²) in [7, 11) is 1.61. The summed E-state index contributed by atoms with van der Waals surface area (Å²) < 4.78 is 6.32. The summed E-state index contributed by atoms with van der Waals surface area (Å²) in [6, 6.07) is 7.64. The van der Waals surface area contributed by atoms with Crippen LogP contribution < -0.4 is 10.1 Å². The number of aromatic nitrogens is 3. The lowest BCUT2D eigenvalue weighted by Gasteiger charge is -2.26. The number of hydrogen-bond acceptors (Lipinski definition) is 5. The first kappa shape index (κ1) is 17.5. The Morgan fingerprint density at radius 1 is 1.29 bits per heavy atom. The van der Waals surface area contributed by atoms with E-state index < -0.39 is 11.5 Å². The van der Waals surface area contributed by atoms with Crippen molar-refractivity contribution in [1.29, 1.82) is 0 Å². The zero-order valence-electron chi connectivity index (χ0n) is 13.8. The molecule has 0 spiro atoms. The summed E-state index contributed by atoms with van der Waals surface area (Å²) in [4.78, 5) is 22.9. The zero-order valence-corrected chi connectivity index (χ0v) is 13.8. The lowest BCUT2D eigenvalue weighted by Crippen LogP contribution is -2.46. The standard InChI is InChI=1S/C16H20N4O4/c1-16(2,8-11-4-6-12(24-3)7-5-11)17-14(21)10-20-9-13(15(22)23)18-19-20/h4-7,9H,8,10H2,1-3H3,(H,17,21)(H,22,23). The largest absolute Gasteiger partial charge is 0.497 e. The molecule has 8 heteroatoms. The fraction of sp³-hybridized carbons (Fsp3) is 0.375. The van der Waals surface area contributed by atoms with Gasteiger partial charge in [-0.25, -0.2) is 9.48 Å². The van der Waals surface area contributed by atoms with Crippen LogP contribution in [0.25, 0.3) is 0 Å². The minimum atomic E-state index is -1.18. The van der Waals surface area contributed by atoms with Gasteiger partial charge in [0.15, 0.2) is 5.69 Å². The summed E-state index contributed by atoms with van der Waals surface area (Å²) >= 11 is 0. The molecule has 1 heterocycles. The smallest absolute Gasteiger partial charge is 0.358 e. The Bertz CT molecular complexity index is 722. The minimum absolute atomic E-state index is 0.0909. The van der Waals surface area contributed by atoms with E-state index in [4.69, 9.17) is 9.84 Å². The molecular weight excluding hydrogens is 312 g/mol. The molecule has 1 aromatic heterocycles. The van der Waals surface area contributed by atoms with Gasteiger partial charge < -0.3 is 15.2 Å². The van der Waals surface area contributed by atoms with E-state index in [1.165, 1.54) is 10.9 Å². The van der Waals surface area contributed by atoms with E-state index in [1.54, 1.807) is 7.11 Å². The SMILES string of the molecule is COc1ccc(CC(C)(C)NC(=O)Cn2cc(C(=O)O)nn2)cc1. The number of methoxy groups -OCH3 is 1. The second kappa shape index (κ2) is 7.12. The maximum absolute atomic E-state index is 12.1. The highest BCUT2D eigenvalue weighted by atomic mass is 16.5. The third-order valence-corrected chi connectivity index (χ3v) is 3.35. The van der Waals surface area contributed by atoms with Crippen LogP contribution in [0.4, 0.5) is 0 Å². The molecule has 0 aliphatic heterocycles. The van der Waals surface area contributed by atoms with E-state index >= 15 is 0 Å². The molecule has 0 aliphatic rings. The lowest BCUT2D eigenvalue weighted by molar-refractivity contribution is -0.123. The molecule has 2 rings (SSSR count). The van der Waals surface area contributed by atoms with Crippen molar-refractivity contribution in [3.63, 3.8) is 0 Å². The molecule has 8 nitrogen and oxygen atoms in total. The van der Waals surface area contributed by atoms with Crippen LogP contribution in [-0.2, 0) is 17.8 Å². The number of rotatable bonds is 7. The number of carboxylic acids is 1. The van der Waals surface area contributed by atoms with Crippen molar-refractivity contribution in [1.82, 2.24) is 20.3 Å². The van der Waals surface area contributed by atoms with E-state index in [-0.39, 0.29) is 18.1 Å². The van der Waals surface area contributed by atoms with Crippen molar-refractivity contribution < 1.29 is 19.4 Å². The number of carbonyl (C=O) groups excluding carboxylic acids is 1. The summed E-state index contributed by atoms with van der Waals surface area (Å²) in [5.74, 6) is -0.669. The number of carboxylic acid groups (broad SMARTS) is 1. The highest BCUT2D eigenvalue weighted by Crippen LogP contribution is 2.16. The predicted molar refractivity (Wildman–Crippen MR) is 85.9 cm³/mol. The Labute approximate surface area is 139 Å². The molecule has 0 atom stereocenters. The molecule has 24 heavy (non-hydrogen) atoms. The molecule has 0 radical (unpaired) electrons. The summed E-state index contributed by atoms with van der Waals surface area (Å²) in [5, 5.41) is 18.8. The van der Waals surface area contributed by atoms with E-state index in [1.807, 2.05) is 38.1 Å². The molecule has 0 unspecified atom stereocenters. The molecule has 0 aliphatic carbocycles. The average Bonchev–Trinajstić information content (AvgIpc) is 2.95. The summed E-state index contributed by atoms with van der Waals surface area (Å²) in [5.41, 5.74) is 0.400. The Balaban J connectivity index is 1.93. The molecule has 1 aromatic carbocycles. The van der Waals surface area contributed by atoms with E-state index in [0.717, 1.165) is 11.3 Å².